The summed E-state index contributed by atoms with van der Waals surface area (Å²) in [5, 5.41) is 6.08. The molecule has 1 aliphatic heterocycles. The smallest absolute Gasteiger partial charge is 0.254 e. The summed E-state index contributed by atoms with van der Waals surface area (Å²) in [5.41, 5.74) is 3.32. The molecule has 1 heterocycles. The molecule has 0 saturated heterocycles. The van der Waals surface area contributed by atoms with Crippen LogP contribution in [0.1, 0.15) is 45.1 Å². The Bertz CT molecular complexity index is 1110. The Morgan fingerprint density at radius 1 is 1.00 bits per heavy atom. The molecule has 4 rings (SSSR count). The second-order valence-corrected chi connectivity index (χ2v) is 8.94. The minimum atomic E-state index is -0.610. The van der Waals surface area contributed by atoms with Gasteiger partial charge in [-0.3, -0.25) is 9.59 Å². The zero-order valence-electron chi connectivity index (χ0n) is 17.7. The van der Waals surface area contributed by atoms with Crippen molar-refractivity contribution in [1.82, 2.24) is 5.32 Å². The van der Waals surface area contributed by atoms with Crippen molar-refractivity contribution in [3.63, 3.8) is 0 Å². The Balaban J connectivity index is 1.79. The minimum absolute atomic E-state index is 0.0207. The van der Waals surface area contributed by atoms with Gasteiger partial charge in [-0.1, -0.05) is 26.0 Å². The lowest BCUT2D eigenvalue weighted by molar-refractivity contribution is -0.118. The van der Waals surface area contributed by atoms with E-state index in [0.717, 1.165) is 5.70 Å². The zero-order chi connectivity index (χ0) is 22.3. The molecule has 0 spiro atoms. The van der Waals surface area contributed by atoms with E-state index in [9.17, 15) is 18.4 Å². The van der Waals surface area contributed by atoms with Crippen LogP contribution in [-0.2, 0) is 9.59 Å². The van der Waals surface area contributed by atoms with Gasteiger partial charge in [-0.25, -0.2) is 8.78 Å². The van der Waals surface area contributed by atoms with Crippen LogP contribution >= 0.6 is 0 Å². The number of hydrogen-bond donors (Lipinski definition) is 2. The Morgan fingerprint density at radius 3 is 2.19 bits per heavy atom. The summed E-state index contributed by atoms with van der Waals surface area (Å²) >= 11 is 0. The molecule has 1 unspecified atom stereocenters. The molecule has 0 saturated carbocycles. The van der Waals surface area contributed by atoms with Gasteiger partial charge in [-0.05, 0) is 60.7 Å². The number of allylic oxidation sites excluding steroid dienone is 3. The number of ketones is 1. The zero-order valence-corrected chi connectivity index (χ0v) is 17.7. The average Bonchev–Trinajstić information content (AvgIpc) is 2.68. The molecule has 0 aromatic heterocycles. The van der Waals surface area contributed by atoms with E-state index in [1.165, 1.54) is 36.4 Å². The molecular weight excluding hydrogens is 398 g/mol. The number of halogens is 2. The number of rotatable bonds is 3. The lowest BCUT2D eigenvalue weighted by atomic mass is 9.68. The number of nitrogens with one attached hydrogen (secondary N) is 2. The third kappa shape index (κ3) is 4.15. The summed E-state index contributed by atoms with van der Waals surface area (Å²) in [6.45, 7) is 5.88. The molecule has 2 aliphatic rings. The predicted octanol–water partition coefficient (Wildman–Crippen LogP) is 5.21. The number of Topliss-reactive ketones (excluding diaryl/α,β-unsaturated/α-hetero) is 1. The summed E-state index contributed by atoms with van der Waals surface area (Å²) in [6, 6.07) is 11.4. The van der Waals surface area contributed by atoms with Crippen LogP contribution in [0.5, 0.6) is 0 Å². The Kier molecular flexibility index (Phi) is 5.25. The number of carbonyl (C=O) groups is 2. The summed E-state index contributed by atoms with van der Waals surface area (Å²) in [7, 11) is 0. The van der Waals surface area contributed by atoms with E-state index < -0.39 is 17.6 Å². The number of dihydropyridines is 1. The fourth-order valence-electron chi connectivity index (χ4n) is 4.46. The van der Waals surface area contributed by atoms with E-state index in [-0.39, 0.29) is 17.0 Å². The fraction of sp³-hybridized carbons (Fsp3) is 0.280. The highest BCUT2D eigenvalue weighted by Gasteiger charge is 2.42. The molecule has 1 amide bonds. The second kappa shape index (κ2) is 7.76. The van der Waals surface area contributed by atoms with E-state index >= 15 is 0 Å². The first kappa shape index (κ1) is 21.0. The largest absolute Gasteiger partial charge is 0.362 e. The molecule has 2 N–H and O–H groups in total. The topological polar surface area (TPSA) is 58.2 Å². The highest BCUT2D eigenvalue weighted by Crippen LogP contribution is 2.46. The molecule has 0 fully saturated rings. The maximum absolute atomic E-state index is 13.6. The van der Waals surface area contributed by atoms with Crippen molar-refractivity contribution in [2.75, 3.05) is 5.32 Å². The molecule has 160 valence electrons. The molecule has 2 aromatic rings. The van der Waals surface area contributed by atoms with Gasteiger partial charge < -0.3 is 10.6 Å². The summed E-state index contributed by atoms with van der Waals surface area (Å²) in [5.74, 6) is -1.81. The lowest BCUT2D eigenvalue weighted by Crippen LogP contribution is -2.39. The molecule has 1 atom stereocenters. The van der Waals surface area contributed by atoms with Crippen molar-refractivity contribution >= 4 is 17.4 Å². The number of amides is 1. The Hall–Kier alpha value is -3.28. The van der Waals surface area contributed by atoms with Crippen molar-refractivity contribution in [2.24, 2.45) is 5.41 Å². The van der Waals surface area contributed by atoms with Gasteiger partial charge in [0.25, 0.3) is 5.91 Å². The molecule has 0 radical (unpaired) electrons. The van der Waals surface area contributed by atoms with Crippen molar-refractivity contribution in [2.45, 2.75) is 39.5 Å². The van der Waals surface area contributed by atoms with Gasteiger partial charge in [-0.15, -0.1) is 0 Å². The highest BCUT2D eigenvalue weighted by molar-refractivity contribution is 6.09. The fourth-order valence-corrected chi connectivity index (χ4v) is 4.46. The van der Waals surface area contributed by atoms with Crippen LogP contribution in [0.25, 0.3) is 0 Å². The third-order valence-corrected chi connectivity index (χ3v) is 5.79. The number of anilines is 1. The molecule has 4 nitrogen and oxygen atoms in total. The predicted molar refractivity (Wildman–Crippen MR) is 115 cm³/mol. The molecule has 1 aliphatic carbocycles. The summed E-state index contributed by atoms with van der Waals surface area (Å²) < 4.78 is 26.8. The van der Waals surface area contributed by atoms with Gasteiger partial charge in [0.2, 0.25) is 0 Å². The van der Waals surface area contributed by atoms with Crippen LogP contribution in [0.4, 0.5) is 14.5 Å². The quantitative estimate of drug-likeness (QED) is 0.714. The SMILES string of the molecule is CC1=C(C(=O)Nc2ccc(F)cc2)C(c2ccc(F)cc2)C2=C(CC(C)(C)CC2=O)N1. The van der Waals surface area contributed by atoms with E-state index in [0.29, 0.717) is 40.9 Å². The monoisotopic (exact) mass is 422 g/mol. The van der Waals surface area contributed by atoms with Crippen LogP contribution in [-0.4, -0.2) is 11.7 Å². The van der Waals surface area contributed by atoms with Gasteiger partial charge in [0.1, 0.15) is 11.6 Å². The van der Waals surface area contributed by atoms with Crippen molar-refractivity contribution in [3.05, 3.63) is 88.3 Å². The van der Waals surface area contributed by atoms with Gasteiger partial charge in [0, 0.05) is 40.6 Å². The minimum Gasteiger partial charge on any atom is -0.362 e. The maximum atomic E-state index is 13.6. The summed E-state index contributed by atoms with van der Waals surface area (Å²) in [6.07, 6.45) is 1.05. The van der Waals surface area contributed by atoms with Crippen LogP contribution in [0.3, 0.4) is 0 Å². The third-order valence-electron chi connectivity index (χ3n) is 5.79. The standard InChI is InChI=1S/C25H24F2N2O2/c1-14-21(24(31)29-18-10-8-17(27)9-11-18)22(15-4-6-16(26)7-5-15)23-19(28-14)12-25(2,3)13-20(23)30/h4-11,22,28H,12-13H2,1-3H3,(H,29,31). The summed E-state index contributed by atoms with van der Waals surface area (Å²) in [4.78, 5) is 26.5. The van der Waals surface area contributed by atoms with E-state index in [1.54, 1.807) is 19.1 Å². The second-order valence-electron chi connectivity index (χ2n) is 8.94. The van der Waals surface area contributed by atoms with Crippen LogP contribution < -0.4 is 10.6 Å². The van der Waals surface area contributed by atoms with Crippen LogP contribution in [0.2, 0.25) is 0 Å². The molecule has 0 bridgehead atoms. The maximum Gasteiger partial charge on any atom is 0.254 e. The Labute approximate surface area is 180 Å². The molecule has 31 heavy (non-hydrogen) atoms. The lowest BCUT2D eigenvalue weighted by Gasteiger charge is -2.39. The average molecular weight is 422 g/mol. The Morgan fingerprint density at radius 2 is 1.58 bits per heavy atom. The van der Waals surface area contributed by atoms with E-state index in [4.69, 9.17) is 0 Å². The normalized spacial score (nSPS) is 20.3. The van der Waals surface area contributed by atoms with E-state index in [1.807, 2.05) is 13.8 Å². The van der Waals surface area contributed by atoms with Crippen molar-refractivity contribution < 1.29 is 18.4 Å². The number of carbonyl (C=O) groups excluding carboxylic acids is 2. The first-order valence-corrected chi connectivity index (χ1v) is 10.2. The first-order chi connectivity index (χ1) is 14.6. The van der Waals surface area contributed by atoms with Crippen molar-refractivity contribution in [1.29, 1.82) is 0 Å². The first-order valence-electron chi connectivity index (χ1n) is 10.2. The van der Waals surface area contributed by atoms with Gasteiger partial charge >= 0.3 is 0 Å². The van der Waals surface area contributed by atoms with E-state index in [2.05, 4.69) is 10.6 Å². The van der Waals surface area contributed by atoms with Crippen LogP contribution in [0, 0.1) is 17.0 Å². The molecule has 2 aromatic carbocycles. The van der Waals surface area contributed by atoms with Gasteiger partial charge in [0.15, 0.2) is 5.78 Å². The van der Waals surface area contributed by atoms with Gasteiger partial charge in [0.05, 0.1) is 0 Å². The van der Waals surface area contributed by atoms with Crippen molar-refractivity contribution in [3.8, 4) is 0 Å². The molecule has 6 heteroatoms. The molecular formula is C25H24F2N2O2. The highest BCUT2D eigenvalue weighted by atomic mass is 19.1. The van der Waals surface area contributed by atoms with Gasteiger partial charge in [-0.2, -0.15) is 0 Å². The number of hydrogen-bond acceptors (Lipinski definition) is 3. The van der Waals surface area contributed by atoms with Crippen LogP contribution in [0.15, 0.2) is 71.1 Å². The number of benzene rings is 2.